The van der Waals surface area contributed by atoms with E-state index in [2.05, 4.69) is 42.6 Å². The number of ether oxygens (including phenoxy) is 3. The molecular formula is C22H29N3O4. The molecule has 156 valence electrons. The molecule has 0 fully saturated rings. The lowest BCUT2D eigenvalue weighted by Gasteiger charge is -2.16. The van der Waals surface area contributed by atoms with Crippen LogP contribution < -0.4 is 25.4 Å². The van der Waals surface area contributed by atoms with Crippen LogP contribution in [0.2, 0.25) is 0 Å². The molecule has 0 saturated carbocycles. The van der Waals surface area contributed by atoms with Crippen LogP contribution in [0.1, 0.15) is 43.4 Å². The molecular weight excluding hydrogens is 370 g/mol. The lowest BCUT2D eigenvalue weighted by molar-refractivity contribution is 0.207. The number of aryl methyl sites for hydroxylation is 1. The quantitative estimate of drug-likeness (QED) is 0.359. The molecule has 2 amide bonds. The van der Waals surface area contributed by atoms with Crippen LogP contribution in [0.25, 0.3) is 0 Å². The molecule has 2 rings (SSSR count). The molecule has 0 aliphatic heterocycles. The first-order valence-electron chi connectivity index (χ1n) is 9.62. The van der Waals surface area contributed by atoms with Gasteiger partial charge in [0.25, 0.3) is 0 Å². The molecule has 0 bridgehead atoms. The van der Waals surface area contributed by atoms with Crippen molar-refractivity contribution in [2.75, 3.05) is 19.8 Å². The van der Waals surface area contributed by atoms with Crippen LogP contribution >= 0.6 is 0 Å². The summed E-state index contributed by atoms with van der Waals surface area (Å²) in [4.78, 5) is 10.7. The van der Waals surface area contributed by atoms with Crippen molar-refractivity contribution in [3.05, 3.63) is 53.1 Å². The summed E-state index contributed by atoms with van der Waals surface area (Å²) >= 11 is 0. The van der Waals surface area contributed by atoms with Gasteiger partial charge in [0.15, 0.2) is 11.5 Å². The van der Waals surface area contributed by atoms with Crippen LogP contribution in [0.5, 0.6) is 17.2 Å². The van der Waals surface area contributed by atoms with Crippen molar-refractivity contribution in [1.82, 2.24) is 5.43 Å². The molecule has 0 aliphatic rings. The highest BCUT2D eigenvalue weighted by molar-refractivity contribution is 5.82. The van der Waals surface area contributed by atoms with Crippen molar-refractivity contribution in [3.8, 4) is 17.2 Å². The Kier molecular flexibility index (Phi) is 8.33. The van der Waals surface area contributed by atoms with Crippen LogP contribution in [0.3, 0.4) is 0 Å². The van der Waals surface area contributed by atoms with Crippen LogP contribution in [0, 0.1) is 6.92 Å². The van der Waals surface area contributed by atoms with Crippen LogP contribution in [0.15, 0.2) is 41.5 Å². The summed E-state index contributed by atoms with van der Waals surface area (Å²) in [7, 11) is 0. The minimum absolute atomic E-state index is 0.377. The minimum atomic E-state index is -0.722. The molecule has 2 aromatic rings. The summed E-state index contributed by atoms with van der Waals surface area (Å²) < 4.78 is 17.5. The van der Waals surface area contributed by atoms with Gasteiger partial charge in [0.05, 0.1) is 12.8 Å². The third-order valence-electron chi connectivity index (χ3n) is 4.05. The van der Waals surface area contributed by atoms with E-state index in [9.17, 15) is 4.79 Å². The lowest BCUT2D eigenvalue weighted by atomic mass is 10.0. The second-order valence-corrected chi connectivity index (χ2v) is 6.77. The molecule has 0 aliphatic carbocycles. The largest absolute Gasteiger partial charge is 0.490 e. The Morgan fingerprint density at radius 1 is 1.07 bits per heavy atom. The van der Waals surface area contributed by atoms with Gasteiger partial charge < -0.3 is 19.9 Å². The van der Waals surface area contributed by atoms with Gasteiger partial charge in [0.1, 0.15) is 19.0 Å². The molecule has 2 aromatic carbocycles. The van der Waals surface area contributed by atoms with E-state index in [1.165, 1.54) is 11.8 Å². The van der Waals surface area contributed by atoms with Gasteiger partial charge in [-0.25, -0.2) is 10.2 Å². The molecule has 29 heavy (non-hydrogen) atoms. The summed E-state index contributed by atoms with van der Waals surface area (Å²) in [5, 5.41) is 3.74. The first kappa shape index (κ1) is 22.1. The number of primary amides is 1. The summed E-state index contributed by atoms with van der Waals surface area (Å²) in [6.07, 6.45) is 1.48. The summed E-state index contributed by atoms with van der Waals surface area (Å²) in [5.74, 6) is 2.48. The highest BCUT2D eigenvalue weighted by atomic mass is 16.5. The Morgan fingerprint density at radius 3 is 2.45 bits per heavy atom. The number of amides is 2. The van der Waals surface area contributed by atoms with E-state index in [0.29, 0.717) is 37.2 Å². The van der Waals surface area contributed by atoms with Gasteiger partial charge >= 0.3 is 6.03 Å². The zero-order valence-corrected chi connectivity index (χ0v) is 17.4. The van der Waals surface area contributed by atoms with Crippen molar-refractivity contribution < 1.29 is 19.0 Å². The van der Waals surface area contributed by atoms with Gasteiger partial charge in [-0.2, -0.15) is 5.10 Å². The maximum Gasteiger partial charge on any atom is 0.332 e. The van der Waals surface area contributed by atoms with E-state index in [1.54, 1.807) is 12.1 Å². The van der Waals surface area contributed by atoms with E-state index >= 15 is 0 Å². The van der Waals surface area contributed by atoms with Gasteiger partial charge in [-0.15, -0.1) is 0 Å². The molecule has 0 saturated heterocycles. The van der Waals surface area contributed by atoms with E-state index in [4.69, 9.17) is 19.9 Å². The minimum Gasteiger partial charge on any atom is -0.490 e. The number of hydrazone groups is 1. The SMILES string of the molecule is CCOc1cc(C=NNC(N)=O)ccc1OCCOc1cc(C)ccc1C(C)C. The Hall–Kier alpha value is -3.22. The molecule has 0 atom stereocenters. The first-order valence-corrected chi connectivity index (χ1v) is 9.62. The predicted octanol–water partition coefficient (Wildman–Crippen LogP) is 3.98. The number of rotatable bonds is 10. The molecule has 0 heterocycles. The maximum absolute atomic E-state index is 10.7. The molecule has 0 spiro atoms. The monoisotopic (exact) mass is 399 g/mol. The van der Waals surface area contributed by atoms with Crippen LogP contribution in [-0.4, -0.2) is 32.1 Å². The molecule has 0 radical (unpaired) electrons. The summed E-state index contributed by atoms with van der Waals surface area (Å²) in [6, 6.07) is 10.9. The predicted molar refractivity (Wildman–Crippen MR) is 114 cm³/mol. The van der Waals surface area contributed by atoms with Gasteiger partial charge in [-0.1, -0.05) is 26.0 Å². The molecule has 0 unspecified atom stereocenters. The molecule has 3 N–H and O–H groups in total. The van der Waals surface area contributed by atoms with E-state index in [-0.39, 0.29) is 0 Å². The fourth-order valence-corrected chi connectivity index (χ4v) is 2.71. The summed E-state index contributed by atoms with van der Waals surface area (Å²) in [6.45, 7) is 9.52. The number of hydrogen-bond acceptors (Lipinski definition) is 5. The van der Waals surface area contributed by atoms with E-state index in [1.807, 2.05) is 19.9 Å². The van der Waals surface area contributed by atoms with E-state index < -0.39 is 6.03 Å². The van der Waals surface area contributed by atoms with Gasteiger partial charge in [0, 0.05) is 0 Å². The Balaban J connectivity index is 1.99. The Morgan fingerprint density at radius 2 is 1.79 bits per heavy atom. The zero-order chi connectivity index (χ0) is 21.2. The molecule has 7 heteroatoms. The van der Waals surface area contributed by atoms with Crippen molar-refractivity contribution in [2.45, 2.75) is 33.6 Å². The third kappa shape index (κ3) is 7.03. The van der Waals surface area contributed by atoms with Crippen LogP contribution in [-0.2, 0) is 0 Å². The fourth-order valence-electron chi connectivity index (χ4n) is 2.71. The normalized spacial score (nSPS) is 10.9. The number of nitrogens with one attached hydrogen (secondary N) is 1. The van der Waals surface area contributed by atoms with Crippen LogP contribution in [0.4, 0.5) is 4.79 Å². The second kappa shape index (κ2) is 10.9. The highest BCUT2D eigenvalue weighted by Crippen LogP contribution is 2.29. The number of nitrogens with two attached hydrogens (primary N) is 1. The smallest absolute Gasteiger partial charge is 0.332 e. The topological polar surface area (TPSA) is 95.2 Å². The number of carbonyl (C=O) groups is 1. The summed E-state index contributed by atoms with van der Waals surface area (Å²) in [5.41, 5.74) is 10.2. The number of benzene rings is 2. The molecule has 0 aromatic heterocycles. The standard InChI is InChI=1S/C22H29N3O4/c1-5-27-21-13-17(14-24-25-22(23)26)7-9-19(21)28-10-11-29-20-12-16(4)6-8-18(20)15(2)3/h6-9,12-15H,5,10-11H2,1-4H3,(H3,23,25,26). The number of urea groups is 1. The highest BCUT2D eigenvalue weighted by Gasteiger charge is 2.09. The Bertz CT molecular complexity index is 850. The second-order valence-electron chi connectivity index (χ2n) is 6.77. The third-order valence-corrected chi connectivity index (χ3v) is 4.05. The lowest BCUT2D eigenvalue weighted by Crippen LogP contribution is -2.24. The van der Waals surface area contributed by atoms with Gasteiger partial charge in [0.2, 0.25) is 0 Å². The fraction of sp³-hybridized carbons (Fsp3) is 0.364. The maximum atomic E-state index is 10.7. The Labute approximate surface area is 171 Å². The molecule has 7 nitrogen and oxygen atoms in total. The van der Waals surface area contributed by atoms with Crippen molar-refractivity contribution in [1.29, 1.82) is 0 Å². The van der Waals surface area contributed by atoms with Gasteiger partial charge in [-0.3, -0.25) is 0 Å². The van der Waals surface area contributed by atoms with E-state index in [0.717, 1.165) is 16.9 Å². The van der Waals surface area contributed by atoms with Gasteiger partial charge in [-0.05, 0) is 60.7 Å². The number of hydrogen-bond donors (Lipinski definition) is 2. The van der Waals surface area contributed by atoms with Crippen molar-refractivity contribution in [2.24, 2.45) is 10.8 Å². The average molecular weight is 399 g/mol. The van der Waals surface area contributed by atoms with Crippen molar-refractivity contribution >= 4 is 12.2 Å². The number of nitrogens with zero attached hydrogens (tertiary/aromatic N) is 1. The number of carbonyl (C=O) groups excluding carboxylic acids is 1. The van der Waals surface area contributed by atoms with Crippen molar-refractivity contribution in [3.63, 3.8) is 0 Å². The average Bonchev–Trinajstić information content (AvgIpc) is 2.66. The zero-order valence-electron chi connectivity index (χ0n) is 17.4. The first-order chi connectivity index (χ1) is 13.9.